The molecule has 4 rings (SSSR count). The third-order valence-electron chi connectivity index (χ3n) is 4.47. The summed E-state index contributed by atoms with van der Waals surface area (Å²) in [4.78, 5) is 0. The first-order valence-electron chi connectivity index (χ1n) is 7.33. The van der Waals surface area contributed by atoms with Crippen LogP contribution < -0.4 is 9.47 Å². The summed E-state index contributed by atoms with van der Waals surface area (Å²) in [5, 5.41) is 0. The van der Waals surface area contributed by atoms with E-state index in [1.165, 1.54) is 11.1 Å². The van der Waals surface area contributed by atoms with Crippen molar-refractivity contribution in [3.63, 3.8) is 0 Å². The van der Waals surface area contributed by atoms with Crippen molar-refractivity contribution in [2.24, 2.45) is 0 Å². The molecule has 21 heavy (non-hydrogen) atoms. The van der Waals surface area contributed by atoms with Crippen LogP contribution in [0.5, 0.6) is 11.5 Å². The monoisotopic (exact) mass is 282 g/mol. The number of epoxide rings is 1. The summed E-state index contributed by atoms with van der Waals surface area (Å²) in [5.41, 5.74) is 2.64. The molecule has 0 bridgehead atoms. The van der Waals surface area contributed by atoms with Crippen molar-refractivity contribution >= 4 is 0 Å². The summed E-state index contributed by atoms with van der Waals surface area (Å²) in [6, 6.07) is 16.2. The second-order valence-corrected chi connectivity index (χ2v) is 5.73. The van der Waals surface area contributed by atoms with E-state index in [9.17, 15) is 0 Å². The lowest BCUT2D eigenvalue weighted by Gasteiger charge is -2.20. The molecule has 2 aromatic rings. The zero-order chi connectivity index (χ0) is 14.3. The van der Waals surface area contributed by atoms with E-state index in [1.807, 2.05) is 24.3 Å². The topological polar surface area (TPSA) is 31.0 Å². The van der Waals surface area contributed by atoms with Crippen molar-refractivity contribution in [2.75, 3.05) is 13.7 Å². The zero-order valence-corrected chi connectivity index (χ0v) is 12.0. The van der Waals surface area contributed by atoms with Gasteiger partial charge in [0.05, 0.1) is 7.11 Å². The Labute approximate surface area is 124 Å². The van der Waals surface area contributed by atoms with E-state index in [0.29, 0.717) is 6.61 Å². The molecule has 1 fully saturated rings. The number of fused-ring (bicyclic) bond motifs is 3. The lowest BCUT2D eigenvalue weighted by Crippen LogP contribution is -2.26. The van der Waals surface area contributed by atoms with E-state index >= 15 is 0 Å². The van der Waals surface area contributed by atoms with Gasteiger partial charge in [0.1, 0.15) is 29.8 Å². The first-order chi connectivity index (χ1) is 10.3. The molecule has 0 N–H and O–H groups in total. The molecule has 0 saturated carbocycles. The molecule has 1 aliphatic heterocycles. The molecule has 3 nitrogen and oxygen atoms in total. The van der Waals surface area contributed by atoms with Crippen LogP contribution in [0.2, 0.25) is 0 Å². The predicted molar refractivity (Wildman–Crippen MR) is 79.8 cm³/mol. The SMILES string of the molecule is COc1ccc(OC[C@@]23CCc4ccccc4[C@@H]2O3)cc1. The molecule has 0 unspecified atom stereocenters. The molecule has 0 amide bonds. The van der Waals surface area contributed by atoms with Gasteiger partial charge in [-0.15, -0.1) is 0 Å². The summed E-state index contributed by atoms with van der Waals surface area (Å²) in [6.07, 6.45) is 2.31. The third kappa shape index (κ3) is 2.18. The van der Waals surface area contributed by atoms with Crippen molar-refractivity contribution in [1.82, 2.24) is 0 Å². The van der Waals surface area contributed by atoms with Crippen molar-refractivity contribution in [3.8, 4) is 11.5 Å². The van der Waals surface area contributed by atoms with E-state index < -0.39 is 0 Å². The minimum Gasteiger partial charge on any atom is -0.497 e. The molecule has 1 heterocycles. The summed E-state index contributed by atoms with van der Waals surface area (Å²) in [5.74, 6) is 1.70. The van der Waals surface area contributed by atoms with E-state index in [4.69, 9.17) is 14.2 Å². The Morgan fingerprint density at radius 2 is 1.86 bits per heavy atom. The van der Waals surface area contributed by atoms with Crippen LogP contribution in [0.3, 0.4) is 0 Å². The van der Waals surface area contributed by atoms with Crippen LogP contribution in [0.15, 0.2) is 48.5 Å². The molecule has 1 saturated heterocycles. The second-order valence-electron chi connectivity index (χ2n) is 5.73. The third-order valence-corrected chi connectivity index (χ3v) is 4.47. The lowest BCUT2D eigenvalue weighted by molar-refractivity contribution is 0.181. The smallest absolute Gasteiger partial charge is 0.133 e. The van der Waals surface area contributed by atoms with Crippen molar-refractivity contribution < 1.29 is 14.2 Å². The molecule has 3 heteroatoms. The van der Waals surface area contributed by atoms with Gasteiger partial charge in [-0.3, -0.25) is 0 Å². The fourth-order valence-corrected chi connectivity index (χ4v) is 3.16. The number of hydrogen-bond donors (Lipinski definition) is 0. The van der Waals surface area contributed by atoms with E-state index in [0.717, 1.165) is 24.3 Å². The number of aryl methyl sites for hydroxylation is 1. The Balaban J connectivity index is 1.45. The molecular formula is C18H18O3. The van der Waals surface area contributed by atoms with Gasteiger partial charge < -0.3 is 14.2 Å². The Hall–Kier alpha value is -2.00. The number of rotatable bonds is 4. The maximum atomic E-state index is 6.01. The van der Waals surface area contributed by atoms with Gasteiger partial charge in [-0.05, 0) is 48.2 Å². The minimum absolute atomic E-state index is 0.117. The summed E-state index contributed by atoms with van der Waals surface area (Å²) in [6.45, 7) is 0.609. The molecule has 2 aromatic carbocycles. The van der Waals surface area contributed by atoms with E-state index in [2.05, 4.69) is 24.3 Å². The highest BCUT2D eigenvalue weighted by atomic mass is 16.6. The molecular weight excluding hydrogens is 264 g/mol. The van der Waals surface area contributed by atoms with Crippen LogP contribution in [-0.4, -0.2) is 19.3 Å². The standard InChI is InChI=1S/C18H18O3/c1-19-14-6-8-15(9-7-14)20-12-18-11-10-13-4-2-3-5-16(13)17(18)21-18/h2-9,17H,10-12H2,1H3/t17-,18-/m0/s1. The minimum atomic E-state index is -0.117. The average Bonchev–Trinajstić information content (AvgIpc) is 3.29. The van der Waals surface area contributed by atoms with Crippen LogP contribution in [-0.2, 0) is 11.2 Å². The Morgan fingerprint density at radius 1 is 1.10 bits per heavy atom. The molecule has 1 aliphatic carbocycles. The molecule has 108 valence electrons. The summed E-state index contributed by atoms with van der Waals surface area (Å²) < 4.78 is 17.1. The molecule has 0 radical (unpaired) electrons. The molecule has 0 spiro atoms. The van der Waals surface area contributed by atoms with Gasteiger partial charge in [0.25, 0.3) is 0 Å². The van der Waals surface area contributed by atoms with Gasteiger partial charge in [-0.1, -0.05) is 24.3 Å². The fraction of sp³-hybridized carbons (Fsp3) is 0.333. The molecule has 0 aromatic heterocycles. The lowest BCUT2D eigenvalue weighted by atomic mass is 9.84. The molecule has 2 aliphatic rings. The van der Waals surface area contributed by atoms with Gasteiger partial charge in [-0.25, -0.2) is 0 Å². The quantitative estimate of drug-likeness (QED) is 0.804. The highest BCUT2D eigenvalue weighted by Crippen LogP contribution is 2.56. The number of methoxy groups -OCH3 is 1. The highest BCUT2D eigenvalue weighted by Gasteiger charge is 2.60. The van der Waals surface area contributed by atoms with Crippen molar-refractivity contribution in [3.05, 3.63) is 59.7 Å². The van der Waals surface area contributed by atoms with Crippen LogP contribution in [0.1, 0.15) is 23.7 Å². The van der Waals surface area contributed by atoms with Gasteiger partial charge in [0.2, 0.25) is 0 Å². The van der Waals surface area contributed by atoms with Gasteiger partial charge >= 0.3 is 0 Å². The number of ether oxygens (including phenoxy) is 3. The van der Waals surface area contributed by atoms with Gasteiger partial charge in [0, 0.05) is 0 Å². The van der Waals surface area contributed by atoms with Crippen LogP contribution in [0, 0.1) is 0 Å². The molecule has 2 atom stereocenters. The van der Waals surface area contributed by atoms with Crippen molar-refractivity contribution in [2.45, 2.75) is 24.5 Å². The van der Waals surface area contributed by atoms with Gasteiger partial charge in [-0.2, -0.15) is 0 Å². The Bertz CT molecular complexity index is 650. The zero-order valence-electron chi connectivity index (χ0n) is 12.0. The largest absolute Gasteiger partial charge is 0.497 e. The van der Waals surface area contributed by atoms with Crippen LogP contribution in [0.4, 0.5) is 0 Å². The van der Waals surface area contributed by atoms with Crippen LogP contribution in [0.25, 0.3) is 0 Å². The second kappa shape index (κ2) is 4.78. The van der Waals surface area contributed by atoms with E-state index in [1.54, 1.807) is 7.11 Å². The number of benzene rings is 2. The Morgan fingerprint density at radius 3 is 2.67 bits per heavy atom. The first kappa shape index (κ1) is 12.7. The van der Waals surface area contributed by atoms with Crippen molar-refractivity contribution in [1.29, 1.82) is 0 Å². The normalized spacial score (nSPS) is 25.7. The maximum Gasteiger partial charge on any atom is 0.133 e. The maximum absolute atomic E-state index is 6.01. The highest BCUT2D eigenvalue weighted by molar-refractivity contribution is 5.39. The predicted octanol–water partition coefficient (Wildman–Crippen LogP) is 3.53. The van der Waals surface area contributed by atoms with E-state index in [-0.39, 0.29) is 11.7 Å². The fourth-order valence-electron chi connectivity index (χ4n) is 3.16. The average molecular weight is 282 g/mol. The Kier molecular flexibility index (Phi) is 2.89. The number of hydrogen-bond acceptors (Lipinski definition) is 3. The van der Waals surface area contributed by atoms with Crippen LogP contribution >= 0.6 is 0 Å². The first-order valence-corrected chi connectivity index (χ1v) is 7.33. The van der Waals surface area contributed by atoms with Gasteiger partial charge in [0.15, 0.2) is 0 Å². The summed E-state index contributed by atoms with van der Waals surface area (Å²) >= 11 is 0. The summed E-state index contributed by atoms with van der Waals surface area (Å²) in [7, 11) is 1.66.